The quantitative estimate of drug-likeness (QED) is 0.507. The second kappa shape index (κ2) is 10.1. The smallest absolute Gasteiger partial charge is 0.360 e. The van der Waals surface area contributed by atoms with Gasteiger partial charge in [-0.15, -0.1) is 0 Å². The maximum atomic E-state index is 12.2. The molecule has 0 aliphatic heterocycles. The molecule has 1 aromatic carbocycles. The van der Waals surface area contributed by atoms with Crippen LogP contribution in [-0.2, 0) is 16.0 Å². The lowest BCUT2D eigenvalue weighted by Gasteiger charge is -2.18. The van der Waals surface area contributed by atoms with Crippen molar-refractivity contribution >= 4 is 22.6 Å². The van der Waals surface area contributed by atoms with Crippen LogP contribution in [0.3, 0.4) is 0 Å². The van der Waals surface area contributed by atoms with Gasteiger partial charge in [0.25, 0.3) is 0 Å². The fourth-order valence-corrected chi connectivity index (χ4v) is 2.98. The number of ether oxygens (including phenoxy) is 2. The number of benzene rings is 1. The van der Waals surface area contributed by atoms with Gasteiger partial charge in [-0.3, -0.25) is 4.79 Å². The summed E-state index contributed by atoms with van der Waals surface area (Å²) in [6.45, 7) is 8.71. The maximum absolute atomic E-state index is 12.2. The number of nitrogens with zero attached hydrogens (tertiary/aromatic N) is 1. The van der Waals surface area contributed by atoms with Gasteiger partial charge in [0.05, 0.1) is 0 Å². The predicted octanol–water partition coefficient (Wildman–Crippen LogP) is 3.01. The molecule has 148 valence electrons. The first-order valence-corrected chi connectivity index (χ1v) is 9.21. The van der Waals surface area contributed by atoms with Crippen LogP contribution in [0.2, 0.25) is 0 Å². The summed E-state index contributed by atoms with van der Waals surface area (Å²) in [7, 11) is 1.54. The Labute approximate surface area is 159 Å². The van der Waals surface area contributed by atoms with Crippen LogP contribution < -0.4 is 15.7 Å². The molecule has 0 spiro atoms. The first kappa shape index (κ1) is 20.9. The van der Waals surface area contributed by atoms with Gasteiger partial charge in [-0.2, -0.15) is 0 Å². The highest BCUT2D eigenvalue weighted by Gasteiger charge is 2.15. The zero-order valence-corrected chi connectivity index (χ0v) is 16.5. The van der Waals surface area contributed by atoms with Crippen LogP contribution in [0.15, 0.2) is 27.4 Å². The van der Waals surface area contributed by atoms with Gasteiger partial charge < -0.3 is 24.1 Å². The third-order valence-electron chi connectivity index (χ3n) is 4.39. The Hall–Kier alpha value is -2.38. The van der Waals surface area contributed by atoms with Gasteiger partial charge in [0.1, 0.15) is 5.69 Å². The van der Waals surface area contributed by atoms with Crippen LogP contribution in [-0.4, -0.2) is 44.3 Å². The number of carbonyl (C=O) groups is 1. The number of rotatable bonds is 10. The summed E-state index contributed by atoms with van der Waals surface area (Å²) in [5.74, 6) is 0.186. The average Bonchev–Trinajstić information content (AvgIpc) is 2.64. The number of fused-ring (bicyclic) bond motifs is 1. The molecule has 0 unspecified atom stereocenters. The molecule has 7 nitrogen and oxygen atoms in total. The van der Waals surface area contributed by atoms with E-state index in [9.17, 15) is 9.59 Å². The molecular formula is C20H28N2O5. The zero-order chi connectivity index (χ0) is 19.8. The van der Waals surface area contributed by atoms with E-state index in [2.05, 4.69) is 24.1 Å². The number of amides is 1. The molecule has 0 saturated heterocycles. The summed E-state index contributed by atoms with van der Waals surface area (Å²) >= 11 is 0. The molecule has 1 aromatic heterocycles. The lowest BCUT2D eigenvalue weighted by atomic mass is 10.1. The Morgan fingerprint density at radius 2 is 2.00 bits per heavy atom. The van der Waals surface area contributed by atoms with Gasteiger partial charge in [0.15, 0.2) is 18.1 Å². The van der Waals surface area contributed by atoms with Crippen molar-refractivity contribution in [2.45, 2.75) is 33.6 Å². The van der Waals surface area contributed by atoms with Crippen molar-refractivity contribution in [2.75, 3.05) is 38.9 Å². The molecule has 1 N–H and O–H groups in total. The third kappa shape index (κ3) is 5.55. The number of carbonyl (C=O) groups excluding carboxylic acids is 1. The Kier molecular flexibility index (Phi) is 7.82. The van der Waals surface area contributed by atoms with Gasteiger partial charge in [0.2, 0.25) is 5.91 Å². The third-order valence-corrected chi connectivity index (χ3v) is 4.39. The van der Waals surface area contributed by atoms with Crippen LogP contribution >= 0.6 is 0 Å². The molecule has 1 amide bonds. The predicted molar refractivity (Wildman–Crippen MR) is 105 cm³/mol. The van der Waals surface area contributed by atoms with E-state index in [1.807, 2.05) is 12.1 Å². The fraction of sp³-hybridized carbons (Fsp3) is 0.500. The van der Waals surface area contributed by atoms with Crippen molar-refractivity contribution in [1.82, 2.24) is 4.90 Å². The highest BCUT2D eigenvalue weighted by atomic mass is 16.7. The van der Waals surface area contributed by atoms with E-state index in [0.717, 1.165) is 38.0 Å². The molecule has 1 heterocycles. The van der Waals surface area contributed by atoms with Crippen molar-refractivity contribution in [3.8, 4) is 5.75 Å². The summed E-state index contributed by atoms with van der Waals surface area (Å²) in [6.07, 6.45) is 1.76. The number of anilines is 1. The molecule has 0 aliphatic rings. The van der Waals surface area contributed by atoms with Crippen LogP contribution in [0.25, 0.3) is 11.0 Å². The highest BCUT2D eigenvalue weighted by Crippen LogP contribution is 2.31. The second-order valence-corrected chi connectivity index (χ2v) is 6.28. The molecule has 0 fully saturated rings. The number of hydrogen-bond donors (Lipinski definition) is 1. The number of aryl methyl sites for hydroxylation is 1. The Morgan fingerprint density at radius 1 is 1.26 bits per heavy atom. The van der Waals surface area contributed by atoms with Crippen molar-refractivity contribution in [3.05, 3.63) is 34.2 Å². The van der Waals surface area contributed by atoms with Crippen molar-refractivity contribution in [3.63, 3.8) is 0 Å². The molecule has 7 heteroatoms. The SMILES string of the molecule is CCN(CC)CCCc1ccc2cc(NC(C)=O)c(=O)oc2c1OCOC. The molecular weight excluding hydrogens is 348 g/mol. The highest BCUT2D eigenvalue weighted by molar-refractivity contribution is 5.92. The zero-order valence-electron chi connectivity index (χ0n) is 16.5. The van der Waals surface area contributed by atoms with Crippen molar-refractivity contribution < 1.29 is 18.7 Å². The molecule has 0 aliphatic carbocycles. The van der Waals surface area contributed by atoms with Gasteiger partial charge >= 0.3 is 5.63 Å². The normalized spacial score (nSPS) is 11.1. The molecule has 0 saturated carbocycles. The number of methoxy groups -OCH3 is 1. The topological polar surface area (TPSA) is 81.0 Å². The molecule has 2 aromatic rings. The average molecular weight is 376 g/mol. The Balaban J connectivity index is 2.36. The van der Waals surface area contributed by atoms with E-state index < -0.39 is 5.63 Å². The van der Waals surface area contributed by atoms with Gasteiger partial charge in [-0.05, 0) is 44.1 Å². The molecule has 2 rings (SSSR count). The summed E-state index contributed by atoms with van der Waals surface area (Å²) in [5, 5.41) is 3.16. The van der Waals surface area contributed by atoms with Crippen LogP contribution in [0.1, 0.15) is 32.8 Å². The first-order chi connectivity index (χ1) is 13.0. The van der Waals surface area contributed by atoms with Gasteiger partial charge in [-0.1, -0.05) is 26.0 Å². The lowest BCUT2D eigenvalue weighted by molar-refractivity contribution is -0.114. The lowest BCUT2D eigenvalue weighted by Crippen LogP contribution is -2.24. The van der Waals surface area contributed by atoms with Crippen molar-refractivity contribution in [1.29, 1.82) is 0 Å². The van der Waals surface area contributed by atoms with E-state index in [0.29, 0.717) is 16.7 Å². The minimum Gasteiger partial charge on any atom is -0.463 e. The van der Waals surface area contributed by atoms with E-state index >= 15 is 0 Å². The standard InChI is InChI=1S/C20H28N2O5/c1-5-22(6-2)11-7-8-15-9-10-16-12-17(21-14(3)23)20(24)27-19(16)18(15)26-13-25-4/h9-10,12H,5-8,11,13H2,1-4H3,(H,21,23). The number of hydrogen-bond acceptors (Lipinski definition) is 6. The van der Waals surface area contributed by atoms with Crippen LogP contribution in [0.5, 0.6) is 5.75 Å². The Morgan fingerprint density at radius 3 is 2.63 bits per heavy atom. The molecule has 0 radical (unpaired) electrons. The van der Waals surface area contributed by atoms with E-state index in [4.69, 9.17) is 13.9 Å². The van der Waals surface area contributed by atoms with Crippen LogP contribution in [0.4, 0.5) is 5.69 Å². The molecule has 27 heavy (non-hydrogen) atoms. The number of nitrogens with one attached hydrogen (secondary N) is 1. The first-order valence-electron chi connectivity index (χ1n) is 9.21. The van der Waals surface area contributed by atoms with Gasteiger partial charge in [0, 0.05) is 19.4 Å². The monoisotopic (exact) mass is 376 g/mol. The molecule has 0 bridgehead atoms. The van der Waals surface area contributed by atoms with E-state index in [-0.39, 0.29) is 18.4 Å². The fourth-order valence-electron chi connectivity index (χ4n) is 2.98. The molecule has 0 atom stereocenters. The summed E-state index contributed by atoms with van der Waals surface area (Å²) in [6, 6.07) is 5.44. The maximum Gasteiger partial charge on any atom is 0.360 e. The van der Waals surface area contributed by atoms with E-state index in [1.165, 1.54) is 14.0 Å². The van der Waals surface area contributed by atoms with E-state index in [1.54, 1.807) is 6.07 Å². The summed E-state index contributed by atoms with van der Waals surface area (Å²) in [4.78, 5) is 25.8. The van der Waals surface area contributed by atoms with Crippen LogP contribution in [0, 0.1) is 0 Å². The van der Waals surface area contributed by atoms with Crippen molar-refractivity contribution in [2.24, 2.45) is 0 Å². The minimum absolute atomic E-state index is 0.0549. The largest absolute Gasteiger partial charge is 0.463 e. The van der Waals surface area contributed by atoms with Gasteiger partial charge in [-0.25, -0.2) is 4.79 Å². The summed E-state index contributed by atoms with van der Waals surface area (Å²) < 4.78 is 16.2. The second-order valence-electron chi connectivity index (χ2n) is 6.28. The summed E-state index contributed by atoms with van der Waals surface area (Å²) in [5.41, 5.74) is 0.829. The minimum atomic E-state index is -0.611. The Bertz CT molecular complexity index is 827.